The van der Waals surface area contributed by atoms with Gasteiger partial charge in [-0.3, -0.25) is 9.59 Å². The number of aryl methyl sites for hydroxylation is 1. The molecule has 0 aromatic carbocycles. The highest BCUT2D eigenvalue weighted by Gasteiger charge is 2.41. The number of carbonyl (C=O) groups is 2. The predicted octanol–water partition coefficient (Wildman–Crippen LogP) is 1.12. The molecule has 3 rings (SSSR count). The van der Waals surface area contributed by atoms with E-state index in [2.05, 4.69) is 10.3 Å². The largest absolute Gasteiger partial charge is 0.355 e. The van der Waals surface area contributed by atoms with Crippen LogP contribution in [0.3, 0.4) is 0 Å². The van der Waals surface area contributed by atoms with Gasteiger partial charge in [0.05, 0.1) is 17.1 Å². The lowest BCUT2D eigenvalue weighted by atomic mass is 10.1. The Labute approximate surface area is 122 Å². The average Bonchev–Trinajstić information content (AvgIpc) is 3.08. The summed E-state index contributed by atoms with van der Waals surface area (Å²) in [5.74, 6) is 0.000257. The highest BCUT2D eigenvalue weighted by atomic mass is 32.1. The number of likely N-dealkylation sites (tertiary alicyclic amines) is 1. The molecule has 5 nitrogen and oxygen atoms in total. The topological polar surface area (TPSA) is 62.3 Å². The van der Waals surface area contributed by atoms with Gasteiger partial charge in [-0.25, -0.2) is 4.98 Å². The van der Waals surface area contributed by atoms with Crippen molar-refractivity contribution < 1.29 is 9.59 Å². The van der Waals surface area contributed by atoms with Gasteiger partial charge >= 0.3 is 0 Å². The Kier molecular flexibility index (Phi) is 3.74. The molecule has 20 heavy (non-hydrogen) atoms. The molecule has 2 fully saturated rings. The molecule has 1 saturated carbocycles. The molecular weight excluding hydrogens is 274 g/mol. The van der Waals surface area contributed by atoms with Gasteiger partial charge in [0.15, 0.2) is 0 Å². The Morgan fingerprint density at radius 1 is 1.55 bits per heavy atom. The van der Waals surface area contributed by atoms with Crippen LogP contribution in [0.25, 0.3) is 0 Å². The lowest BCUT2D eigenvalue weighted by Gasteiger charge is -2.15. The maximum Gasteiger partial charge on any atom is 0.225 e. The standard InChI is InChI=1S/C14H19N3O2S/c1-9-12(20-8-16-9)4-5-15-14(19)10-6-13(18)17(7-10)11-2-3-11/h8,10-11H,2-7H2,1H3,(H,15,19). The first-order chi connectivity index (χ1) is 9.65. The van der Waals surface area contributed by atoms with Gasteiger partial charge in [-0.05, 0) is 19.8 Å². The quantitative estimate of drug-likeness (QED) is 0.885. The van der Waals surface area contributed by atoms with Crippen LogP contribution in [0.4, 0.5) is 0 Å². The van der Waals surface area contributed by atoms with Gasteiger partial charge in [-0.15, -0.1) is 11.3 Å². The number of hydrogen-bond acceptors (Lipinski definition) is 4. The summed E-state index contributed by atoms with van der Waals surface area (Å²) < 4.78 is 0. The smallest absolute Gasteiger partial charge is 0.225 e. The van der Waals surface area contributed by atoms with E-state index < -0.39 is 0 Å². The predicted molar refractivity (Wildman–Crippen MR) is 76.4 cm³/mol. The second-order valence-corrected chi connectivity index (χ2v) is 6.52. The molecule has 1 unspecified atom stereocenters. The fourth-order valence-corrected chi connectivity index (χ4v) is 3.44. The van der Waals surface area contributed by atoms with Crippen LogP contribution in [-0.4, -0.2) is 40.8 Å². The van der Waals surface area contributed by atoms with Crippen LogP contribution in [0, 0.1) is 12.8 Å². The van der Waals surface area contributed by atoms with Crippen molar-refractivity contribution in [1.82, 2.24) is 15.2 Å². The SMILES string of the molecule is Cc1ncsc1CCNC(=O)C1CC(=O)N(C2CC2)C1. The summed E-state index contributed by atoms with van der Waals surface area (Å²) in [5, 5.41) is 2.95. The third kappa shape index (κ3) is 2.85. The molecular formula is C14H19N3O2S. The number of rotatable bonds is 5. The van der Waals surface area contributed by atoms with Crippen LogP contribution in [0.2, 0.25) is 0 Å². The van der Waals surface area contributed by atoms with Gasteiger partial charge in [0.1, 0.15) is 0 Å². The van der Waals surface area contributed by atoms with E-state index in [-0.39, 0.29) is 17.7 Å². The number of carbonyl (C=O) groups excluding carboxylic acids is 2. The van der Waals surface area contributed by atoms with Crippen molar-refractivity contribution in [3.05, 3.63) is 16.1 Å². The Morgan fingerprint density at radius 3 is 3.00 bits per heavy atom. The van der Waals surface area contributed by atoms with E-state index in [0.29, 0.717) is 25.6 Å². The van der Waals surface area contributed by atoms with Crippen molar-refractivity contribution in [2.24, 2.45) is 5.92 Å². The van der Waals surface area contributed by atoms with Crippen LogP contribution in [0.1, 0.15) is 29.8 Å². The fourth-order valence-electron chi connectivity index (χ4n) is 2.66. The lowest BCUT2D eigenvalue weighted by molar-refractivity contribution is -0.129. The molecule has 0 radical (unpaired) electrons. The molecule has 1 N–H and O–H groups in total. The van der Waals surface area contributed by atoms with Crippen molar-refractivity contribution in [1.29, 1.82) is 0 Å². The van der Waals surface area contributed by atoms with Crippen LogP contribution < -0.4 is 5.32 Å². The van der Waals surface area contributed by atoms with Crippen molar-refractivity contribution in [2.75, 3.05) is 13.1 Å². The monoisotopic (exact) mass is 293 g/mol. The number of thiazole rings is 1. The third-order valence-corrected chi connectivity index (χ3v) is 5.01. The molecule has 2 amide bonds. The number of aromatic nitrogens is 1. The zero-order chi connectivity index (χ0) is 14.1. The Balaban J connectivity index is 1.45. The summed E-state index contributed by atoms with van der Waals surface area (Å²) in [5.41, 5.74) is 2.87. The van der Waals surface area contributed by atoms with E-state index in [1.807, 2.05) is 17.3 Å². The van der Waals surface area contributed by atoms with Gasteiger partial charge < -0.3 is 10.2 Å². The van der Waals surface area contributed by atoms with Crippen LogP contribution in [0.5, 0.6) is 0 Å². The van der Waals surface area contributed by atoms with Crippen LogP contribution in [-0.2, 0) is 16.0 Å². The number of amides is 2. The number of nitrogens with one attached hydrogen (secondary N) is 1. The maximum absolute atomic E-state index is 12.1. The first kappa shape index (κ1) is 13.5. The van der Waals surface area contributed by atoms with Gasteiger partial charge in [0.2, 0.25) is 11.8 Å². The highest BCUT2D eigenvalue weighted by Crippen LogP contribution is 2.32. The minimum absolute atomic E-state index is 0.0173. The molecule has 1 aliphatic heterocycles. The molecule has 1 aromatic heterocycles. The fraction of sp³-hybridized carbons (Fsp3) is 0.643. The van der Waals surface area contributed by atoms with Crippen molar-refractivity contribution in [3.63, 3.8) is 0 Å². The van der Waals surface area contributed by atoms with Crippen LogP contribution >= 0.6 is 11.3 Å². The first-order valence-electron chi connectivity index (χ1n) is 7.11. The molecule has 1 saturated heterocycles. The summed E-state index contributed by atoms with van der Waals surface area (Å²) in [6.07, 6.45) is 3.40. The second-order valence-electron chi connectivity index (χ2n) is 5.58. The van der Waals surface area contributed by atoms with E-state index in [4.69, 9.17) is 0 Å². The number of nitrogens with zero attached hydrogens (tertiary/aromatic N) is 2. The van der Waals surface area contributed by atoms with Gasteiger partial charge in [0, 0.05) is 36.9 Å². The summed E-state index contributed by atoms with van der Waals surface area (Å²) in [7, 11) is 0. The molecule has 0 bridgehead atoms. The van der Waals surface area contributed by atoms with Crippen molar-refractivity contribution in [3.8, 4) is 0 Å². The number of hydrogen-bond donors (Lipinski definition) is 1. The normalized spacial score (nSPS) is 22.4. The zero-order valence-corrected chi connectivity index (χ0v) is 12.4. The Bertz CT molecular complexity index is 524. The Morgan fingerprint density at radius 2 is 2.35 bits per heavy atom. The Hall–Kier alpha value is -1.43. The van der Waals surface area contributed by atoms with E-state index in [1.165, 1.54) is 4.88 Å². The molecule has 2 aliphatic rings. The molecule has 6 heteroatoms. The van der Waals surface area contributed by atoms with E-state index in [9.17, 15) is 9.59 Å². The second kappa shape index (κ2) is 5.52. The van der Waals surface area contributed by atoms with Gasteiger partial charge in [0.25, 0.3) is 0 Å². The van der Waals surface area contributed by atoms with E-state index in [0.717, 1.165) is 25.0 Å². The zero-order valence-electron chi connectivity index (χ0n) is 11.6. The first-order valence-corrected chi connectivity index (χ1v) is 7.99. The lowest BCUT2D eigenvalue weighted by Crippen LogP contribution is -2.34. The summed E-state index contributed by atoms with van der Waals surface area (Å²) in [6, 6.07) is 0.417. The molecule has 1 aromatic rings. The average molecular weight is 293 g/mol. The van der Waals surface area contributed by atoms with E-state index >= 15 is 0 Å². The molecule has 0 spiro atoms. The van der Waals surface area contributed by atoms with E-state index in [1.54, 1.807) is 11.3 Å². The molecule has 2 heterocycles. The van der Waals surface area contributed by atoms with Gasteiger partial charge in [-0.2, -0.15) is 0 Å². The molecule has 1 aliphatic carbocycles. The third-order valence-electron chi connectivity index (χ3n) is 4.01. The molecule has 1 atom stereocenters. The minimum atomic E-state index is -0.161. The van der Waals surface area contributed by atoms with Gasteiger partial charge in [-0.1, -0.05) is 0 Å². The summed E-state index contributed by atoms with van der Waals surface area (Å²) >= 11 is 1.62. The maximum atomic E-state index is 12.1. The summed E-state index contributed by atoms with van der Waals surface area (Å²) in [4.78, 5) is 31.2. The van der Waals surface area contributed by atoms with Crippen molar-refractivity contribution >= 4 is 23.2 Å². The highest BCUT2D eigenvalue weighted by molar-refractivity contribution is 7.09. The summed E-state index contributed by atoms with van der Waals surface area (Å²) in [6.45, 7) is 3.21. The molecule has 108 valence electrons. The van der Waals surface area contributed by atoms with Crippen LogP contribution in [0.15, 0.2) is 5.51 Å². The minimum Gasteiger partial charge on any atom is -0.355 e. The van der Waals surface area contributed by atoms with Crippen molar-refractivity contribution in [2.45, 2.75) is 38.6 Å².